The molecule has 3 rings (SSSR count). The van der Waals surface area contributed by atoms with Crippen molar-refractivity contribution in [2.24, 2.45) is 0 Å². The molecule has 0 saturated heterocycles. The van der Waals surface area contributed by atoms with Crippen molar-refractivity contribution in [3.05, 3.63) is 78.1 Å². The van der Waals surface area contributed by atoms with Crippen LogP contribution in [0.2, 0.25) is 0 Å². The summed E-state index contributed by atoms with van der Waals surface area (Å²) < 4.78 is 14.6. The molecular formula is C20H19FN4O2. The lowest BCUT2D eigenvalue weighted by molar-refractivity contribution is -0.115. The van der Waals surface area contributed by atoms with E-state index < -0.39 is 5.91 Å². The Kier molecular flexibility index (Phi) is 5.61. The molecule has 3 aromatic rings. The van der Waals surface area contributed by atoms with Crippen molar-refractivity contribution in [3.63, 3.8) is 0 Å². The molecule has 0 bridgehead atoms. The number of nitrogens with zero attached hydrogens (tertiary/aromatic N) is 2. The average molecular weight is 366 g/mol. The van der Waals surface area contributed by atoms with Crippen molar-refractivity contribution in [1.29, 1.82) is 0 Å². The van der Waals surface area contributed by atoms with Gasteiger partial charge in [-0.05, 0) is 42.3 Å². The van der Waals surface area contributed by atoms with Gasteiger partial charge < -0.3 is 10.6 Å². The number of benzene rings is 2. The van der Waals surface area contributed by atoms with E-state index in [0.717, 1.165) is 17.7 Å². The molecule has 6 nitrogen and oxygen atoms in total. The van der Waals surface area contributed by atoms with E-state index in [1.54, 1.807) is 12.1 Å². The predicted octanol–water partition coefficient (Wildman–Crippen LogP) is 2.94. The number of aromatic nitrogens is 2. The molecule has 0 fully saturated rings. The number of carbonyl (C=O) groups excluding carboxylic acids is 2. The first-order valence-electron chi connectivity index (χ1n) is 8.52. The van der Waals surface area contributed by atoms with Gasteiger partial charge in [-0.25, -0.2) is 9.37 Å². The summed E-state index contributed by atoms with van der Waals surface area (Å²) in [5, 5.41) is 5.38. The van der Waals surface area contributed by atoms with Crippen molar-refractivity contribution in [3.8, 4) is 5.69 Å². The summed E-state index contributed by atoms with van der Waals surface area (Å²) in [6.45, 7) is 1.83. The molecule has 0 atom stereocenters. The van der Waals surface area contributed by atoms with Gasteiger partial charge in [-0.2, -0.15) is 0 Å². The normalized spacial score (nSPS) is 10.4. The number of aryl methyl sites for hydroxylation is 1. The summed E-state index contributed by atoms with van der Waals surface area (Å²) in [5.74, 6) is -1.14. The molecule has 0 unspecified atom stereocenters. The van der Waals surface area contributed by atoms with Gasteiger partial charge in [0.1, 0.15) is 11.5 Å². The van der Waals surface area contributed by atoms with E-state index in [1.807, 2.05) is 31.2 Å². The Bertz CT molecular complexity index is 951. The fourth-order valence-corrected chi connectivity index (χ4v) is 2.67. The minimum absolute atomic E-state index is 0.175. The van der Waals surface area contributed by atoms with Crippen LogP contribution in [0.25, 0.3) is 5.69 Å². The molecule has 1 heterocycles. The Morgan fingerprint density at radius 2 is 1.85 bits per heavy atom. The van der Waals surface area contributed by atoms with Gasteiger partial charge >= 0.3 is 0 Å². The lowest BCUT2D eigenvalue weighted by Gasteiger charge is -2.11. The van der Waals surface area contributed by atoms with E-state index in [2.05, 4.69) is 15.6 Å². The molecule has 27 heavy (non-hydrogen) atoms. The van der Waals surface area contributed by atoms with Crippen molar-refractivity contribution < 1.29 is 14.0 Å². The molecule has 0 aliphatic heterocycles. The third-order valence-electron chi connectivity index (χ3n) is 4.06. The Hall–Kier alpha value is -3.48. The van der Waals surface area contributed by atoms with E-state index >= 15 is 0 Å². The van der Waals surface area contributed by atoms with Crippen LogP contribution in [0.15, 0.2) is 61.1 Å². The number of hydrogen-bond acceptors (Lipinski definition) is 3. The zero-order valence-electron chi connectivity index (χ0n) is 14.8. The fourth-order valence-electron chi connectivity index (χ4n) is 2.67. The molecule has 0 radical (unpaired) electrons. The van der Waals surface area contributed by atoms with E-state index in [4.69, 9.17) is 0 Å². The Morgan fingerprint density at radius 1 is 1.11 bits per heavy atom. The molecule has 138 valence electrons. The van der Waals surface area contributed by atoms with Crippen molar-refractivity contribution in [2.45, 2.75) is 13.3 Å². The molecule has 0 saturated carbocycles. The summed E-state index contributed by atoms with van der Waals surface area (Å²) in [7, 11) is 0. The molecule has 2 aromatic carbocycles. The molecule has 7 heteroatoms. The molecule has 2 amide bonds. The highest BCUT2D eigenvalue weighted by atomic mass is 19.1. The van der Waals surface area contributed by atoms with Crippen LogP contribution in [0.5, 0.6) is 0 Å². The second-order valence-electron chi connectivity index (χ2n) is 5.87. The number of anilines is 1. The number of rotatable bonds is 6. The number of nitrogens with one attached hydrogen (secondary N) is 2. The predicted molar refractivity (Wildman–Crippen MR) is 100 cm³/mol. The van der Waals surface area contributed by atoms with Gasteiger partial charge in [0, 0.05) is 11.4 Å². The number of hydrogen-bond donors (Lipinski definition) is 2. The minimum Gasteiger partial charge on any atom is -0.342 e. The highest BCUT2D eigenvalue weighted by Crippen LogP contribution is 2.15. The topological polar surface area (TPSA) is 76.0 Å². The maximum absolute atomic E-state index is 13.1. The number of halogens is 1. The highest BCUT2D eigenvalue weighted by molar-refractivity contribution is 5.99. The molecule has 0 spiro atoms. The van der Waals surface area contributed by atoms with Crippen LogP contribution in [-0.4, -0.2) is 27.9 Å². The van der Waals surface area contributed by atoms with Crippen molar-refractivity contribution in [2.75, 3.05) is 11.9 Å². The van der Waals surface area contributed by atoms with Crippen LogP contribution >= 0.6 is 0 Å². The maximum atomic E-state index is 13.1. The Balaban J connectivity index is 1.64. The lowest BCUT2D eigenvalue weighted by atomic mass is 10.1. The summed E-state index contributed by atoms with van der Waals surface area (Å²) in [5.41, 5.74) is 2.60. The van der Waals surface area contributed by atoms with E-state index in [-0.39, 0.29) is 24.0 Å². The van der Waals surface area contributed by atoms with Crippen LogP contribution in [0.1, 0.15) is 23.0 Å². The van der Waals surface area contributed by atoms with Gasteiger partial charge in [0.2, 0.25) is 5.91 Å². The third-order valence-corrected chi connectivity index (χ3v) is 4.06. The van der Waals surface area contributed by atoms with Gasteiger partial charge in [-0.15, -0.1) is 0 Å². The molecule has 0 aliphatic rings. The summed E-state index contributed by atoms with van der Waals surface area (Å²) in [4.78, 5) is 28.5. The monoisotopic (exact) mass is 366 g/mol. The first-order valence-corrected chi connectivity index (χ1v) is 8.52. The Morgan fingerprint density at radius 3 is 2.59 bits per heavy atom. The quantitative estimate of drug-likeness (QED) is 0.704. The zero-order valence-corrected chi connectivity index (χ0v) is 14.8. The smallest absolute Gasteiger partial charge is 0.270 e. The first kappa shape index (κ1) is 18.3. The van der Waals surface area contributed by atoms with Crippen LogP contribution in [0.3, 0.4) is 0 Å². The SMILES string of the molecule is CCc1ccccc1NC(=O)CNC(=O)c1cncn1-c1ccc(F)cc1. The molecular weight excluding hydrogens is 347 g/mol. The minimum atomic E-state index is -0.448. The average Bonchev–Trinajstić information content (AvgIpc) is 3.17. The summed E-state index contributed by atoms with van der Waals surface area (Å²) in [6, 6.07) is 13.2. The Labute approximate surface area is 156 Å². The number of amides is 2. The van der Waals surface area contributed by atoms with Crippen LogP contribution in [-0.2, 0) is 11.2 Å². The fraction of sp³-hybridized carbons (Fsp3) is 0.150. The van der Waals surface area contributed by atoms with Crippen LogP contribution < -0.4 is 10.6 Å². The van der Waals surface area contributed by atoms with Gasteiger partial charge in [0.15, 0.2) is 0 Å². The van der Waals surface area contributed by atoms with Gasteiger partial charge in [-0.3, -0.25) is 14.2 Å². The summed E-state index contributed by atoms with van der Waals surface area (Å²) in [6.07, 6.45) is 3.64. The first-order chi connectivity index (χ1) is 13.1. The van der Waals surface area contributed by atoms with Gasteiger partial charge in [0.05, 0.1) is 19.1 Å². The number of para-hydroxylation sites is 1. The van der Waals surface area contributed by atoms with Gasteiger partial charge in [0.25, 0.3) is 5.91 Å². The van der Waals surface area contributed by atoms with Gasteiger partial charge in [-0.1, -0.05) is 25.1 Å². The number of carbonyl (C=O) groups is 2. The van der Waals surface area contributed by atoms with Crippen molar-refractivity contribution in [1.82, 2.24) is 14.9 Å². The second kappa shape index (κ2) is 8.27. The molecule has 1 aromatic heterocycles. The highest BCUT2D eigenvalue weighted by Gasteiger charge is 2.14. The van der Waals surface area contributed by atoms with Crippen molar-refractivity contribution >= 4 is 17.5 Å². The maximum Gasteiger partial charge on any atom is 0.270 e. The zero-order chi connectivity index (χ0) is 19.2. The standard InChI is InChI=1S/C20H19FN4O2/c1-2-14-5-3-4-6-17(14)24-19(26)12-23-20(27)18-11-22-13-25(18)16-9-7-15(21)8-10-16/h3-11,13H,2,12H2,1H3,(H,23,27)(H,24,26). The number of imidazole rings is 1. The molecule has 0 aliphatic carbocycles. The summed E-state index contributed by atoms with van der Waals surface area (Å²) >= 11 is 0. The van der Waals surface area contributed by atoms with E-state index in [1.165, 1.54) is 29.2 Å². The second-order valence-corrected chi connectivity index (χ2v) is 5.87. The largest absolute Gasteiger partial charge is 0.342 e. The van der Waals surface area contributed by atoms with Crippen LogP contribution in [0.4, 0.5) is 10.1 Å². The lowest BCUT2D eigenvalue weighted by Crippen LogP contribution is -2.34. The molecule has 2 N–H and O–H groups in total. The van der Waals surface area contributed by atoms with E-state index in [9.17, 15) is 14.0 Å². The van der Waals surface area contributed by atoms with E-state index in [0.29, 0.717) is 5.69 Å². The third kappa shape index (κ3) is 4.38. The van der Waals surface area contributed by atoms with Crippen LogP contribution in [0, 0.1) is 5.82 Å².